The number of nitro groups is 1. The molecule has 0 saturated heterocycles. The van der Waals surface area contributed by atoms with Crippen molar-refractivity contribution in [1.29, 1.82) is 0 Å². The molecule has 0 spiro atoms. The minimum atomic E-state index is -0.346. The number of nitrogens with one attached hydrogen (secondary N) is 1. The minimum absolute atomic E-state index is 0.171. The van der Waals surface area contributed by atoms with E-state index in [-0.39, 0.29) is 10.6 Å². The van der Waals surface area contributed by atoms with Crippen molar-refractivity contribution >= 4 is 45.7 Å². The summed E-state index contributed by atoms with van der Waals surface area (Å²) in [5.41, 5.74) is 1.13. The third kappa shape index (κ3) is 2.90. The first-order valence-corrected chi connectivity index (χ1v) is 8.10. The van der Waals surface area contributed by atoms with E-state index in [9.17, 15) is 10.1 Å². The SMILES string of the molecule is CSC1(CNc2ccc([N+](=O)[O-])c(I)c2)CCC1. The molecule has 0 heterocycles. The van der Waals surface area contributed by atoms with Crippen LogP contribution in [-0.4, -0.2) is 22.5 Å². The van der Waals surface area contributed by atoms with E-state index in [4.69, 9.17) is 0 Å². The molecule has 0 amide bonds. The van der Waals surface area contributed by atoms with E-state index in [2.05, 4.69) is 11.6 Å². The molecule has 1 saturated carbocycles. The average molecular weight is 378 g/mol. The predicted molar refractivity (Wildman–Crippen MR) is 84.4 cm³/mol. The summed E-state index contributed by atoms with van der Waals surface area (Å²) in [6, 6.07) is 5.19. The molecule has 0 aliphatic heterocycles. The van der Waals surface area contributed by atoms with E-state index >= 15 is 0 Å². The molecule has 0 unspecified atom stereocenters. The number of thioether (sulfide) groups is 1. The molecule has 98 valence electrons. The maximum Gasteiger partial charge on any atom is 0.282 e. The molecule has 1 aliphatic carbocycles. The van der Waals surface area contributed by atoms with Gasteiger partial charge in [-0.15, -0.1) is 0 Å². The predicted octanol–water partition coefficient (Wildman–Crippen LogP) is 3.90. The van der Waals surface area contributed by atoms with Crippen LogP contribution >= 0.6 is 34.4 Å². The summed E-state index contributed by atoms with van der Waals surface area (Å²) in [5.74, 6) is 0. The van der Waals surface area contributed by atoms with Crippen molar-refractivity contribution in [2.24, 2.45) is 0 Å². The van der Waals surface area contributed by atoms with Crippen LogP contribution in [0.25, 0.3) is 0 Å². The summed E-state index contributed by atoms with van der Waals surface area (Å²) in [6.07, 6.45) is 5.97. The number of nitro benzene ring substituents is 1. The number of hydrogen-bond acceptors (Lipinski definition) is 4. The van der Waals surface area contributed by atoms with E-state index in [1.54, 1.807) is 12.1 Å². The van der Waals surface area contributed by atoms with Crippen molar-refractivity contribution in [3.05, 3.63) is 31.9 Å². The zero-order valence-corrected chi connectivity index (χ0v) is 13.1. The number of benzene rings is 1. The van der Waals surface area contributed by atoms with Crippen LogP contribution in [0.15, 0.2) is 18.2 Å². The molecular formula is C12H15IN2O2S. The molecule has 2 rings (SSSR count). The molecule has 0 aromatic heterocycles. The second-order valence-corrected chi connectivity index (χ2v) is 6.95. The van der Waals surface area contributed by atoms with Crippen molar-refractivity contribution in [3.63, 3.8) is 0 Å². The Labute approximate surface area is 124 Å². The fourth-order valence-corrected chi connectivity index (χ4v) is 3.68. The Morgan fingerprint density at radius 2 is 2.28 bits per heavy atom. The smallest absolute Gasteiger partial charge is 0.282 e. The second kappa shape index (κ2) is 5.64. The number of hydrogen-bond donors (Lipinski definition) is 1. The molecule has 1 aromatic rings. The minimum Gasteiger partial charge on any atom is -0.384 e. The summed E-state index contributed by atoms with van der Waals surface area (Å²) >= 11 is 3.93. The quantitative estimate of drug-likeness (QED) is 0.480. The summed E-state index contributed by atoms with van der Waals surface area (Å²) in [4.78, 5) is 10.4. The van der Waals surface area contributed by atoms with Gasteiger partial charge in [-0.2, -0.15) is 11.8 Å². The van der Waals surface area contributed by atoms with Gasteiger partial charge in [0.15, 0.2) is 0 Å². The Balaban J connectivity index is 2.02. The fraction of sp³-hybridized carbons (Fsp3) is 0.500. The monoisotopic (exact) mass is 378 g/mol. The standard InChI is InChI=1S/C12H15IN2O2S/c1-18-12(5-2-6-12)8-14-9-3-4-11(15(16)17)10(13)7-9/h3-4,7,14H,2,5-6,8H2,1H3. The molecule has 1 aliphatic rings. The summed E-state index contributed by atoms with van der Waals surface area (Å²) in [7, 11) is 0. The van der Waals surface area contributed by atoms with Gasteiger partial charge in [0, 0.05) is 23.0 Å². The van der Waals surface area contributed by atoms with Gasteiger partial charge in [-0.3, -0.25) is 10.1 Å². The molecule has 0 radical (unpaired) electrons. The topological polar surface area (TPSA) is 55.2 Å². The largest absolute Gasteiger partial charge is 0.384 e. The first-order chi connectivity index (χ1) is 8.56. The lowest BCUT2D eigenvalue weighted by atomic mass is 9.84. The molecule has 1 N–H and O–H groups in total. The summed E-state index contributed by atoms with van der Waals surface area (Å²) < 4.78 is 1.04. The van der Waals surface area contributed by atoms with Gasteiger partial charge in [0.1, 0.15) is 0 Å². The first kappa shape index (κ1) is 13.9. The van der Waals surface area contributed by atoms with E-state index in [0.29, 0.717) is 8.32 Å². The van der Waals surface area contributed by atoms with Crippen molar-refractivity contribution < 1.29 is 4.92 Å². The molecule has 0 bridgehead atoms. The van der Waals surface area contributed by atoms with Crippen LogP contribution in [0.3, 0.4) is 0 Å². The van der Waals surface area contributed by atoms with Crippen LogP contribution in [0.4, 0.5) is 11.4 Å². The highest BCUT2D eigenvalue weighted by molar-refractivity contribution is 14.1. The lowest BCUT2D eigenvalue weighted by Gasteiger charge is -2.40. The lowest BCUT2D eigenvalue weighted by molar-refractivity contribution is -0.385. The Hall–Kier alpha value is -0.500. The van der Waals surface area contributed by atoms with E-state index < -0.39 is 0 Å². The number of nitrogens with zero attached hydrogens (tertiary/aromatic N) is 1. The van der Waals surface area contributed by atoms with Gasteiger partial charge < -0.3 is 5.32 Å². The van der Waals surface area contributed by atoms with Gasteiger partial charge >= 0.3 is 0 Å². The number of anilines is 1. The number of rotatable bonds is 5. The van der Waals surface area contributed by atoms with Crippen molar-refractivity contribution in [2.75, 3.05) is 18.1 Å². The Kier molecular flexibility index (Phi) is 4.37. The third-order valence-electron chi connectivity index (χ3n) is 3.46. The molecule has 18 heavy (non-hydrogen) atoms. The fourth-order valence-electron chi connectivity index (χ4n) is 2.05. The van der Waals surface area contributed by atoms with Gasteiger partial charge in [-0.05, 0) is 53.8 Å². The zero-order valence-electron chi connectivity index (χ0n) is 10.1. The van der Waals surface area contributed by atoms with Crippen LogP contribution in [0.1, 0.15) is 19.3 Å². The highest BCUT2D eigenvalue weighted by Crippen LogP contribution is 2.42. The van der Waals surface area contributed by atoms with Crippen LogP contribution in [0.2, 0.25) is 0 Å². The Morgan fingerprint density at radius 1 is 1.56 bits per heavy atom. The van der Waals surface area contributed by atoms with E-state index in [0.717, 1.165) is 12.2 Å². The molecular weight excluding hydrogens is 363 g/mol. The van der Waals surface area contributed by atoms with Crippen LogP contribution in [0.5, 0.6) is 0 Å². The average Bonchev–Trinajstić information content (AvgIpc) is 2.27. The van der Waals surface area contributed by atoms with Gasteiger partial charge in [0.2, 0.25) is 0 Å². The Morgan fingerprint density at radius 3 is 2.72 bits per heavy atom. The van der Waals surface area contributed by atoms with Crippen molar-refractivity contribution in [1.82, 2.24) is 0 Å². The summed E-state index contributed by atoms with van der Waals surface area (Å²) in [6.45, 7) is 0.933. The highest BCUT2D eigenvalue weighted by atomic mass is 127. The molecule has 0 atom stereocenters. The van der Waals surface area contributed by atoms with Crippen molar-refractivity contribution in [2.45, 2.75) is 24.0 Å². The van der Waals surface area contributed by atoms with Crippen LogP contribution < -0.4 is 5.32 Å². The molecule has 1 fully saturated rings. The van der Waals surface area contributed by atoms with Gasteiger partial charge in [-0.25, -0.2) is 0 Å². The Bertz CT molecular complexity index is 458. The molecule has 1 aromatic carbocycles. The number of halogens is 1. The van der Waals surface area contributed by atoms with E-state index in [1.807, 2.05) is 40.4 Å². The first-order valence-electron chi connectivity index (χ1n) is 5.79. The maximum absolute atomic E-state index is 10.7. The molecule has 6 heteroatoms. The van der Waals surface area contributed by atoms with Crippen molar-refractivity contribution in [3.8, 4) is 0 Å². The van der Waals surface area contributed by atoms with Gasteiger partial charge in [-0.1, -0.05) is 6.42 Å². The highest BCUT2D eigenvalue weighted by Gasteiger charge is 2.35. The lowest BCUT2D eigenvalue weighted by Crippen LogP contribution is -2.40. The third-order valence-corrected chi connectivity index (χ3v) is 5.74. The van der Waals surface area contributed by atoms with Crippen LogP contribution in [-0.2, 0) is 0 Å². The summed E-state index contributed by atoms with van der Waals surface area (Å²) in [5, 5.41) is 14.1. The molecule has 4 nitrogen and oxygen atoms in total. The van der Waals surface area contributed by atoms with E-state index in [1.165, 1.54) is 19.3 Å². The van der Waals surface area contributed by atoms with Gasteiger partial charge in [0.25, 0.3) is 5.69 Å². The normalized spacial score (nSPS) is 17.0. The van der Waals surface area contributed by atoms with Crippen LogP contribution in [0, 0.1) is 13.7 Å². The van der Waals surface area contributed by atoms with Gasteiger partial charge in [0.05, 0.1) is 8.49 Å². The second-order valence-electron chi connectivity index (χ2n) is 4.52. The maximum atomic E-state index is 10.7. The zero-order chi connectivity index (χ0) is 13.2.